The van der Waals surface area contributed by atoms with Crippen LogP contribution in [0.3, 0.4) is 0 Å². The third-order valence-electron chi connectivity index (χ3n) is 6.05. The maximum absolute atomic E-state index is 13.3. The van der Waals surface area contributed by atoms with Crippen molar-refractivity contribution < 1.29 is 37.7 Å². The number of amides is 3. The summed E-state index contributed by atoms with van der Waals surface area (Å²) in [5, 5.41) is -1.42. The number of carbonyl (C=O) groups excluding carboxylic acids is 5. The average molecular weight is 545 g/mol. The molecule has 12 heteroatoms. The number of likely N-dealkylation sites (tertiary alicyclic amines) is 1. The number of hydrogen-bond donors (Lipinski definition) is 0. The predicted octanol–water partition coefficient (Wildman–Crippen LogP) is 2.10. The van der Waals surface area contributed by atoms with Crippen LogP contribution in [0.25, 0.3) is 0 Å². The Hall–Kier alpha value is -3.83. The summed E-state index contributed by atoms with van der Waals surface area (Å²) in [5.41, 5.74) is 0.531. The van der Waals surface area contributed by atoms with Crippen molar-refractivity contribution in [1.82, 2.24) is 9.80 Å². The summed E-state index contributed by atoms with van der Waals surface area (Å²) < 4.78 is 22.8. The van der Waals surface area contributed by atoms with Crippen molar-refractivity contribution >= 4 is 50.2 Å². The van der Waals surface area contributed by atoms with E-state index in [2.05, 4.69) is 6.58 Å². The van der Waals surface area contributed by atoms with E-state index >= 15 is 0 Å². The summed E-state index contributed by atoms with van der Waals surface area (Å²) in [6.45, 7) is 4.55. The Morgan fingerprint density at radius 2 is 1.73 bits per heavy atom. The molecule has 4 unspecified atom stereocenters. The Morgan fingerprint density at radius 3 is 2.32 bits per heavy atom. The molecule has 1 fully saturated rings. The number of benzene rings is 2. The fraction of sp³-hybridized carbons (Fsp3) is 0.240. The second kappa shape index (κ2) is 10.3. The van der Waals surface area contributed by atoms with Gasteiger partial charge in [0.2, 0.25) is 0 Å². The van der Waals surface area contributed by atoms with E-state index in [0.29, 0.717) is 16.2 Å². The predicted molar refractivity (Wildman–Crippen MR) is 132 cm³/mol. The molecule has 0 N–H and O–H groups in total. The summed E-state index contributed by atoms with van der Waals surface area (Å²) >= 11 is 0. The highest BCUT2D eigenvalue weighted by Crippen LogP contribution is 2.38. The number of carbonyl (C=O) groups is 5. The van der Waals surface area contributed by atoms with Crippen LogP contribution in [0.1, 0.15) is 38.0 Å². The van der Waals surface area contributed by atoms with Crippen LogP contribution in [0.2, 0.25) is 0 Å². The van der Waals surface area contributed by atoms with Crippen molar-refractivity contribution in [2.45, 2.75) is 24.4 Å². The summed E-state index contributed by atoms with van der Waals surface area (Å²) in [6, 6.07) is 9.42. The third kappa shape index (κ3) is 4.56. The van der Waals surface area contributed by atoms with E-state index in [4.69, 9.17) is 20.2 Å². The molecule has 0 saturated carbocycles. The summed E-state index contributed by atoms with van der Waals surface area (Å²) in [5.74, 6) is -3.54. The number of nitrogens with zero attached hydrogens (tertiary/aromatic N) is 2. The average Bonchev–Trinajstić information content (AvgIpc) is 3.12. The molecule has 0 radical (unpaired) electrons. The standard InChI is InChI=1S/C25H21ClN2O8S/c1-13(2)19(25(33)36-12-18(29)14-7-5-4-6-8-14)28-23(32)20(24(28)37(26)34)27-21(30)16-10-9-15(35-3)11-17(16)22(27)31/h4-11,19-20,24H,1,12H2,2-3H3. The number of fused-ring (bicyclic) bond motifs is 1. The zero-order chi connectivity index (χ0) is 27.0. The molecule has 2 aliphatic rings. The Kier molecular flexibility index (Phi) is 7.28. The van der Waals surface area contributed by atoms with Crippen LogP contribution in [0.4, 0.5) is 0 Å². The van der Waals surface area contributed by atoms with Gasteiger partial charge in [0.25, 0.3) is 17.7 Å². The molecule has 2 heterocycles. The minimum atomic E-state index is -2.31. The fourth-order valence-electron chi connectivity index (χ4n) is 4.27. The van der Waals surface area contributed by atoms with E-state index < -0.39 is 63.6 Å². The Balaban J connectivity index is 1.56. The number of halogens is 1. The van der Waals surface area contributed by atoms with Gasteiger partial charge in [-0.3, -0.25) is 24.1 Å². The molecule has 0 aliphatic carbocycles. The van der Waals surface area contributed by atoms with Crippen molar-refractivity contribution in [2.75, 3.05) is 13.7 Å². The Labute approximate surface area is 218 Å². The topological polar surface area (TPSA) is 127 Å². The first-order valence-corrected chi connectivity index (χ1v) is 13.0. The number of rotatable bonds is 9. The van der Waals surface area contributed by atoms with Gasteiger partial charge in [0.15, 0.2) is 29.8 Å². The molecule has 2 aromatic rings. The minimum absolute atomic E-state index is 0.0185. The van der Waals surface area contributed by atoms with E-state index in [9.17, 15) is 28.2 Å². The maximum atomic E-state index is 13.3. The molecule has 0 bridgehead atoms. The number of ketones is 1. The van der Waals surface area contributed by atoms with E-state index in [0.717, 1.165) is 4.90 Å². The van der Waals surface area contributed by atoms with Gasteiger partial charge in [0, 0.05) is 5.56 Å². The summed E-state index contributed by atoms with van der Waals surface area (Å²) in [6.07, 6.45) is 0. The molecule has 0 aromatic heterocycles. The van der Waals surface area contributed by atoms with Gasteiger partial charge >= 0.3 is 5.97 Å². The van der Waals surface area contributed by atoms with Crippen LogP contribution >= 0.6 is 10.7 Å². The molecule has 2 aliphatic heterocycles. The zero-order valence-corrected chi connectivity index (χ0v) is 21.3. The number of esters is 1. The van der Waals surface area contributed by atoms with Crippen LogP contribution in [0.5, 0.6) is 5.75 Å². The van der Waals surface area contributed by atoms with Gasteiger partial charge in [0.05, 0.1) is 18.2 Å². The lowest BCUT2D eigenvalue weighted by molar-refractivity contribution is -0.164. The number of β-lactam (4-membered cyclic amide) rings is 1. The molecule has 2 aromatic carbocycles. The van der Waals surface area contributed by atoms with E-state index in [1.54, 1.807) is 30.3 Å². The fourth-order valence-corrected chi connectivity index (χ4v) is 5.66. The maximum Gasteiger partial charge on any atom is 0.333 e. The molecule has 192 valence electrons. The third-order valence-corrected chi connectivity index (χ3v) is 7.47. The highest BCUT2D eigenvalue weighted by molar-refractivity contribution is 8.08. The number of hydrogen-bond acceptors (Lipinski definition) is 8. The monoisotopic (exact) mass is 544 g/mol. The Morgan fingerprint density at radius 1 is 1.08 bits per heavy atom. The smallest absolute Gasteiger partial charge is 0.333 e. The highest BCUT2D eigenvalue weighted by atomic mass is 35.7. The lowest BCUT2D eigenvalue weighted by Crippen LogP contribution is -2.75. The second-order valence-electron chi connectivity index (χ2n) is 8.37. The van der Waals surface area contributed by atoms with E-state index in [1.807, 2.05) is 0 Å². The SMILES string of the molecule is C=C(C)C(C(=O)OCC(=O)c1ccccc1)N1C(=O)C(N2C(=O)c3ccc(OC)cc3C2=O)C1S(=O)Cl. The number of imide groups is 1. The normalized spacial score (nSPS) is 20.1. The van der Waals surface area contributed by atoms with Gasteiger partial charge in [-0.2, -0.15) is 0 Å². The van der Waals surface area contributed by atoms with Crippen molar-refractivity contribution in [3.63, 3.8) is 0 Å². The van der Waals surface area contributed by atoms with Crippen LogP contribution in [-0.2, 0) is 24.3 Å². The van der Waals surface area contributed by atoms with Crippen molar-refractivity contribution in [2.24, 2.45) is 0 Å². The number of Topliss-reactive ketones (excluding diaryl/α,β-unsaturated/α-hetero) is 1. The van der Waals surface area contributed by atoms with Crippen molar-refractivity contribution in [3.8, 4) is 5.75 Å². The lowest BCUT2D eigenvalue weighted by atomic mass is 9.98. The second-order valence-corrected chi connectivity index (χ2v) is 10.3. The molecular formula is C25H21ClN2O8S. The van der Waals surface area contributed by atoms with Crippen LogP contribution in [0.15, 0.2) is 60.7 Å². The summed E-state index contributed by atoms with van der Waals surface area (Å²) in [4.78, 5) is 66.2. The van der Waals surface area contributed by atoms with Gasteiger partial charge in [-0.1, -0.05) is 36.9 Å². The first kappa shape index (κ1) is 26.2. The van der Waals surface area contributed by atoms with Gasteiger partial charge in [-0.25, -0.2) is 9.00 Å². The van der Waals surface area contributed by atoms with Gasteiger partial charge < -0.3 is 14.4 Å². The first-order valence-electron chi connectivity index (χ1n) is 10.9. The molecule has 4 rings (SSSR count). The van der Waals surface area contributed by atoms with Gasteiger partial charge in [-0.05, 0) is 41.4 Å². The quantitative estimate of drug-likeness (QED) is 0.117. The largest absolute Gasteiger partial charge is 0.497 e. The molecular weight excluding hydrogens is 524 g/mol. The molecule has 3 amide bonds. The molecule has 37 heavy (non-hydrogen) atoms. The zero-order valence-electron chi connectivity index (χ0n) is 19.7. The van der Waals surface area contributed by atoms with E-state index in [1.165, 1.54) is 32.2 Å². The van der Waals surface area contributed by atoms with E-state index in [-0.39, 0.29) is 16.7 Å². The van der Waals surface area contributed by atoms with Gasteiger partial charge in [0.1, 0.15) is 15.8 Å². The molecule has 0 spiro atoms. The number of ether oxygens (including phenoxy) is 2. The van der Waals surface area contributed by atoms with Crippen molar-refractivity contribution in [3.05, 3.63) is 77.4 Å². The van der Waals surface area contributed by atoms with Crippen LogP contribution in [-0.4, -0.2) is 74.7 Å². The Bertz CT molecular complexity index is 1360. The van der Waals surface area contributed by atoms with Crippen molar-refractivity contribution in [1.29, 1.82) is 0 Å². The first-order chi connectivity index (χ1) is 17.6. The molecule has 1 saturated heterocycles. The van der Waals surface area contributed by atoms with Crippen LogP contribution in [0, 0.1) is 0 Å². The minimum Gasteiger partial charge on any atom is -0.497 e. The highest BCUT2D eigenvalue weighted by Gasteiger charge is 2.61. The van der Waals surface area contributed by atoms with Crippen LogP contribution < -0.4 is 4.74 Å². The molecule has 4 atom stereocenters. The summed E-state index contributed by atoms with van der Waals surface area (Å²) in [7, 11) is 4.99. The number of methoxy groups -OCH3 is 1. The lowest BCUT2D eigenvalue weighted by Gasteiger charge is -2.50. The van der Waals surface area contributed by atoms with Gasteiger partial charge in [-0.15, -0.1) is 0 Å². The molecule has 10 nitrogen and oxygen atoms in total.